The summed E-state index contributed by atoms with van der Waals surface area (Å²) in [6, 6.07) is 9.89. The number of rotatable bonds is 4. The summed E-state index contributed by atoms with van der Waals surface area (Å²) < 4.78 is 27.8. The fourth-order valence-corrected chi connectivity index (χ4v) is 2.46. The van der Waals surface area contributed by atoms with E-state index >= 15 is 0 Å². The second-order valence-corrected chi connectivity index (χ2v) is 5.76. The zero-order chi connectivity index (χ0) is 13.9. The van der Waals surface area contributed by atoms with Crippen LogP contribution in [0.1, 0.15) is 11.1 Å². The molecular formula is C13H15N3O2S. The van der Waals surface area contributed by atoms with Gasteiger partial charge in [-0.2, -0.15) is 0 Å². The van der Waals surface area contributed by atoms with Crippen molar-refractivity contribution in [2.45, 2.75) is 18.4 Å². The molecule has 100 valence electrons. The normalized spacial score (nSPS) is 11.3. The molecule has 6 heteroatoms. The third-order valence-corrected chi connectivity index (χ3v) is 3.91. The van der Waals surface area contributed by atoms with Gasteiger partial charge in [0.05, 0.1) is 11.4 Å². The van der Waals surface area contributed by atoms with Crippen molar-refractivity contribution >= 4 is 15.8 Å². The number of nitrogens with zero attached hydrogens (tertiary/aromatic N) is 2. The molecule has 5 nitrogen and oxygen atoms in total. The van der Waals surface area contributed by atoms with Crippen LogP contribution in [0.25, 0.3) is 4.72 Å². The van der Waals surface area contributed by atoms with Gasteiger partial charge in [0, 0.05) is 5.56 Å². The summed E-state index contributed by atoms with van der Waals surface area (Å²) in [5.41, 5.74) is 5.67. The predicted octanol–water partition coefficient (Wildman–Crippen LogP) is 1.53. The molecule has 3 N–H and O–H groups in total. The minimum absolute atomic E-state index is 0.159. The van der Waals surface area contributed by atoms with Crippen LogP contribution in [-0.4, -0.2) is 13.4 Å². The number of benzene rings is 1. The summed E-state index contributed by atoms with van der Waals surface area (Å²) in [5, 5.41) is 0. The maximum absolute atomic E-state index is 12.1. The van der Waals surface area contributed by atoms with Gasteiger partial charge in [-0.1, -0.05) is 36.0 Å². The molecule has 19 heavy (non-hydrogen) atoms. The molecule has 2 rings (SSSR count). The van der Waals surface area contributed by atoms with Crippen molar-refractivity contribution in [2.24, 2.45) is 0 Å². The van der Waals surface area contributed by atoms with E-state index in [9.17, 15) is 8.42 Å². The largest absolute Gasteiger partial charge is 0.442 e. The molecule has 1 aromatic heterocycles. The van der Waals surface area contributed by atoms with Crippen molar-refractivity contribution in [3.05, 3.63) is 58.4 Å². The standard InChI is InChI=1S/C13H14N3O2S/c1-10-2-7-13(15-9-10)16-19(17,18)12-5-3-11(8-14)4-6-12/h2-7,9H,8,14H2,1H3/q-1/p+1. The predicted molar refractivity (Wildman–Crippen MR) is 72.2 cm³/mol. The molecule has 2 aromatic rings. The third kappa shape index (κ3) is 3.30. The first-order valence-corrected chi connectivity index (χ1v) is 7.24. The first-order valence-electron chi connectivity index (χ1n) is 5.80. The van der Waals surface area contributed by atoms with E-state index < -0.39 is 10.0 Å². The topological polar surface area (TPSA) is 88.8 Å². The molecule has 0 aliphatic carbocycles. The van der Waals surface area contributed by atoms with E-state index in [0.29, 0.717) is 6.54 Å². The first kappa shape index (κ1) is 13.5. The van der Waals surface area contributed by atoms with Gasteiger partial charge in [0.1, 0.15) is 0 Å². The number of hydrogen-bond donors (Lipinski definition) is 1. The zero-order valence-corrected chi connectivity index (χ0v) is 11.4. The van der Waals surface area contributed by atoms with E-state index in [1.54, 1.807) is 30.5 Å². The van der Waals surface area contributed by atoms with E-state index in [-0.39, 0.29) is 10.7 Å². The average molecular weight is 277 g/mol. The van der Waals surface area contributed by atoms with Crippen molar-refractivity contribution in [3.8, 4) is 0 Å². The maximum atomic E-state index is 12.1. The Morgan fingerprint density at radius 3 is 2.37 bits per heavy atom. The molecule has 0 saturated heterocycles. The highest BCUT2D eigenvalue weighted by atomic mass is 32.2. The molecule has 0 aliphatic rings. The highest BCUT2D eigenvalue weighted by molar-refractivity contribution is 7.94. The Kier molecular flexibility index (Phi) is 3.82. The smallest absolute Gasteiger partial charge is 0.202 e. The van der Waals surface area contributed by atoms with Gasteiger partial charge in [0.25, 0.3) is 0 Å². The molecule has 0 fully saturated rings. The van der Waals surface area contributed by atoms with Gasteiger partial charge in [0.15, 0.2) is 0 Å². The van der Waals surface area contributed by atoms with Gasteiger partial charge in [-0.3, -0.25) is 0 Å². The Hall–Kier alpha value is -1.92. The Labute approximate surface area is 112 Å². The Morgan fingerprint density at radius 1 is 1.16 bits per heavy atom. The van der Waals surface area contributed by atoms with Crippen LogP contribution in [0.3, 0.4) is 0 Å². The van der Waals surface area contributed by atoms with Crippen molar-refractivity contribution in [1.82, 2.24) is 4.98 Å². The number of quaternary nitrogens is 1. The van der Waals surface area contributed by atoms with E-state index in [1.807, 2.05) is 6.92 Å². The zero-order valence-electron chi connectivity index (χ0n) is 10.6. The van der Waals surface area contributed by atoms with Gasteiger partial charge < -0.3 is 15.4 Å². The van der Waals surface area contributed by atoms with Crippen LogP contribution >= 0.6 is 0 Å². The summed E-state index contributed by atoms with van der Waals surface area (Å²) in [6.07, 6.45) is 1.58. The lowest BCUT2D eigenvalue weighted by molar-refractivity contribution is -0.386. The summed E-state index contributed by atoms with van der Waals surface area (Å²) in [7, 11) is -3.71. The molecule has 0 spiro atoms. The minimum Gasteiger partial charge on any atom is -0.442 e. The van der Waals surface area contributed by atoms with Crippen LogP contribution in [0, 0.1) is 6.92 Å². The van der Waals surface area contributed by atoms with Crippen molar-refractivity contribution in [1.29, 1.82) is 0 Å². The molecule has 0 atom stereocenters. The van der Waals surface area contributed by atoms with Gasteiger partial charge in [-0.25, -0.2) is 8.42 Å². The number of hydrogen-bond acceptors (Lipinski definition) is 3. The molecule has 0 radical (unpaired) electrons. The summed E-state index contributed by atoms with van der Waals surface area (Å²) in [4.78, 5) is 4.13. The van der Waals surface area contributed by atoms with Gasteiger partial charge in [-0.15, -0.1) is 0 Å². The van der Waals surface area contributed by atoms with Crippen molar-refractivity contribution < 1.29 is 14.2 Å². The fraction of sp³-hybridized carbons (Fsp3) is 0.154. The Morgan fingerprint density at radius 2 is 1.84 bits per heavy atom. The molecule has 0 unspecified atom stereocenters. The van der Waals surface area contributed by atoms with Crippen LogP contribution in [-0.2, 0) is 16.6 Å². The van der Waals surface area contributed by atoms with Crippen LogP contribution in [0.2, 0.25) is 0 Å². The van der Waals surface area contributed by atoms with Gasteiger partial charge in [-0.05, 0) is 24.9 Å². The van der Waals surface area contributed by atoms with Crippen LogP contribution in [0.4, 0.5) is 5.82 Å². The van der Waals surface area contributed by atoms with Crippen LogP contribution in [0.15, 0.2) is 47.5 Å². The highest BCUT2D eigenvalue weighted by Crippen LogP contribution is 2.25. The summed E-state index contributed by atoms with van der Waals surface area (Å²) in [5.74, 6) is 0.187. The highest BCUT2D eigenvalue weighted by Gasteiger charge is 2.09. The van der Waals surface area contributed by atoms with Gasteiger partial charge in [0.2, 0.25) is 10.0 Å². The minimum atomic E-state index is -3.71. The summed E-state index contributed by atoms with van der Waals surface area (Å²) >= 11 is 0. The summed E-state index contributed by atoms with van der Waals surface area (Å²) in [6.45, 7) is 2.50. The first-order chi connectivity index (χ1) is 9.01. The lowest BCUT2D eigenvalue weighted by Gasteiger charge is -2.15. The molecule has 0 bridgehead atoms. The van der Waals surface area contributed by atoms with Crippen molar-refractivity contribution in [3.63, 3.8) is 0 Å². The monoisotopic (exact) mass is 277 g/mol. The quantitative estimate of drug-likeness (QED) is 0.919. The molecule has 0 amide bonds. The molecular weight excluding hydrogens is 262 g/mol. The SMILES string of the molecule is Cc1ccc([N-]S(=O)(=O)c2ccc(C[NH3+])cc2)nc1. The van der Waals surface area contributed by atoms with E-state index in [4.69, 9.17) is 0 Å². The average Bonchev–Trinajstić information content (AvgIpc) is 2.41. The molecule has 0 saturated carbocycles. The van der Waals surface area contributed by atoms with E-state index in [2.05, 4.69) is 15.4 Å². The lowest BCUT2D eigenvalue weighted by atomic mass is 10.2. The number of sulfonamides is 1. The van der Waals surface area contributed by atoms with E-state index in [0.717, 1.165) is 11.1 Å². The molecule has 1 heterocycles. The number of pyridine rings is 1. The molecule has 0 aliphatic heterocycles. The van der Waals surface area contributed by atoms with E-state index in [1.165, 1.54) is 12.1 Å². The second-order valence-electron chi connectivity index (χ2n) is 4.15. The van der Waals surface area contributed by atoms with Gasteiger partial charge >= 0.3 is 0 Å². The van der Waals surface area contributed by atoms with Crippen molar-refractivity contribution in [2.75, 3.05) is 0 Å². The van der Waals surface area contributed by atoms with Crippen LogP contribution < -0.4 is 5.73 Å². The number of aromatic nitrogens is 1. The third-order valence-electron chi connectivity index (χ3n) is 2.62. The number of aryl methyl sites for hydroxylation is 1. The maximum Gasteiger partial charge on any atom is 0.202 e. The Bertz CT molecular complexity index is 649. The molecule has 1 aromatic carbocycles. The lowest BCUT2D eigenvalue weighted by Crippen LogP contribution is -2.47. The second kappa shape index (κ2) is 5.38. The fourth-order valence-electron chi connectivity index (χ4n) is 1.52. The Balaban J connectivity index is 2.24. The van der Waals surface area contributed by atoms with Crippen LogP contribution in [0.5, 0.6) is 0 Å².